The monoisotopic (exact) mass is 373 g/mol. The molecule has 142 valence electrons. The number of ether oxygens (including phenoxy) is 2. The van der Waals surface area contributed by atoms with Gasteiger partial charge in [-0.3, -0.25) is 4.79 Å². The fraction of sp³-hybridized carbons (Fsp3) is 0.208. The molecule has 0 N–H and O–H groups in total. The Bertz CT molecular complexity index is 910. The van der Waals surface area contributed by atoms with Crippen LogP contribution in [0.25, 0.3) is 0 Å². The van der Waals surface area contributed by atoms with Crippen LogP contribution in [0.2, 0.25) is 0 Å². The van der Waals surface area contributed by atoms with Crippen LogP contribution in [0.5, 0.6) is 11.5 Å². The van der Waals surface area contributed by atoms with E-state index < -0.39 is 6.10 Å². The van der Waals surface area contributed by atoms with Crippen LogP contribution in [0.15, 0.2) is 84.9 Å². The average Bonchev–Trinajstić information content (AvgIpc) is 2.76. The number of hydrogen-bond acceptors (Lipinski definition) is 3. The molecule has 4 rings (SSSR count). The number of rotatable bonds is 7. The largest absolute Gasteiger partial charge is 0.497 e. The van der Waals surface area contributed by atoms with E-state index in [-0.39, 0.29) is 11.9 Å². The summed E-state index contributed by atoms with van der Waals surface area (Å²) in [5, 5.41) is 0. The molecule has 1 amide bonds. The molecular formula is C24H23NO3. The molecule has 4 nitrogen and oxygen atoms in total. The van der Waals surface area contributed by atoms with Gasteiger partial charge in [-0.1, -0.05) is 48.5 Å². The quantitative estimate of drug-likeness (QED) is 0.573. The van der Waals surface area contributed by atoms with Crippen LogP contribution in [0.3, 0.4) is 0 Å². The summed E-state index contributed by atoms with van der Waals surface area (Å²) in [6.45, 7) is 0. The van der Waals surface area contributed by atoms with Gasteiger partial charge in [-0.2, -0.15) is 0 Å². The Kier molecular flexibility index (Phi) is 5.29. The predicted molar refractivity (Wildman–Crippen MR) is 110 cm³/mol. The molecular weight excluding hydrogens is 350 g/mol. The molecule has 0 spiro atoms. The Morgan fingerprint density at radius 1 is 0.821 bits per heavy atom. The van der Waals surface area contributed by atoms with E-state index in [1.54, 1.807) is 7.11 Å². The maximum absolute atomic E-state index is 12.9. The van der Waals surface area contributed by atoms with E-state index in [2.05, 4.69) is 12.1 Å². The lowest BCUT2D eigenvalue weighted by Gasteiger charge is -2.46. The average molecular weight is 373 g/mol. The summed E-state index contributed by atoms with van der Waals surface area (Å²) in [5.74, 6) is 1.49. The molecule has 4 heteroatoms. The Hall–Kier alpha value is -3.27. The number of anilines is 1. The number of methoxy groups -OCH3 is 1. The third kappa shape index (κ3) is 3.72. The number of hydrogen-bond donors (Lipinski definition) is 0. The van der Waals surface area contributed by atoms with Crippen molar-refractivity contribution >= 4 is 11.6 Å². The van der Waals surface area contributed by atoms with Crippen molar-refractivity contribution in [3.63, 3.8) is 0 Å². The van der Waals surface area contributed by atoms with E-state index in [4.69, 9.17) is 9.47 Å². The van der Waals surface area contributed by atoms with Crippen molar-refractivity contribution in [3.8, 4) is 11.5 Å². The van der Waals surface area contributed by atoms with Gasteiger partial charge in [-0.25, -0.2) is 0 Å². The molecule has 2 atom stereocenters. The van der Waals surface area contributed by atoms with E-state index in [0.29, 0.717) is 0 Å². The van der Waals surface area contributed by atoms with Crippen LogP contribution < -0.4 is 14.4 Å². The lowest BCUT2D eigenvalue weighted by atomic mass is 9.90. The first-order valence-electron chi connectivity index (χ1n) is 9.49. The van der Waals surface area contributed by atoms with E-state index in [1.165, 1.54) is 5.56 Å². The number of carbonyl (C=O) groups excluding carboxylic acids is 1. The Labute approximate surface area is 165 Å². The molecule has 3 aromatic carbocycles. The minimum atomic E-state index is -0.465. The number of β-lactam (4-membered cyclic amide) rings is 1. The van der Waals surface area contributed by atoms with Crippen molar-refractivity contribution in [3.05, 3.63) is 90.5 Å². The number of amides is 1. The van der Waals surface area contributed by atoms with Gasteiger partial charge in [0.1, 0.15) is 11.5 Å². The van der Waals surface area contributed by atoms with Gasteiger partial charge in [0, 0.05) is 5.69 Å². The molecule has 0 saturated carbocycles. The lowest BCUT2D eigenvalue weighted by Crippen LogP contribution is -2.67. The van der Waals surface area contributed by atoms with Crippen LogP contribution in [0.1, 0.15) is 12.0 Å². The van der Waals surface area contributed by atoms with Crippen molar-refractivity contribution in [1.29, 1.82) is 0 Å². The highest BCUT2D eigenvalue weighted by atomic mass is 16.5. The Balaban J connectivity index is 1.54. The first-order chi connectivity index (χ1) is 13.8. The number of benzene rings is 3. The van der Waals surface area contributed by atoms with Crippen molar-refractivity contribution in [2.24, 2.45) is 0 Å². The highest BCUT2D eigenvalue weighted by Crippen LogP contribution is 2.34. The molecule has 1 heterocycles. The minimum absolute atomic E-state index is 0.00733. The number of carbonyl (C=O) groups is 1. The standard InChI is InChI=1S/C24H23NO3/c1-27-20-15-13-19(14-16-20)25-22(17-12-18-8-4-2-5-9-18)23(24(25)26)28-21-10-6-3-7-11-21/h2-11,13-16,22-23H,12,17H2,1H3/t22-,23+/m1/s1. The minimum Gasteiger partial charge on any atom is -0.497 e. The summed E-state index contributed by atoms with van der Waals surface area (Å²) >= 11 is 0. The van der Waals surface area contributed by atoms with Crippen LogP contribution in [-0.4, -0.2) is 25.2 Å². The zero-order chi connectivity index (χ0) is 19.3. The van der Waals surface area contributed by atoms with Gasteiger partial charge in [0.05, 0.1) is 13.2 Å². The van der Waals surface area contributed by atoms with Crippen LogP contribution >= 0.6 is 0 Å². The molecule has 0 aliphatic carbocycles. The topological polar surface area (TPSA) is 38.8 Å². The number of para-hydroxylation sites is 1. The van der Waals surface area contributed by atoms with Crippen molar-refractivity contribution in [2.75, 3.05) is 12.0 Å². The summed E-state index contributed by atoms with van der Waals surface area (Å²) in [5.41, 5.74) is 2.13. The molecule has 0 unspecified atom stereocenters. The second kappa shape index (κ2) is 8.17. The van der Waals surface area contributed by atoms with Gasteiger partial charge < -0.3 is 14.4 Å². The van der Waals surface area contributed by atoms with E-state index in [1.807, 2.05) is 77.7 Å². The predicted octanol–water partition coefficient (Wildman–Crippen LogP) is 4.49. The summed E-state index contributed by atoms with van der Waals surface area (Å²) in [6, 6.07) is 27.5. The van der Waals surface area contributed by atoms with Gasteiger partial charge in [0.2, 0.25) is 0 Å². The second-order valence-electron chi connectivity index (χ2n) is 6.85. The van der Waals surface area contributed by atoms with Crippen molar-refractivity contribution in [1.82, 2.24) is 0 Å². The van der Waals surface area contributed by atoms with E-state index in [0.717, 1.165) is 30.0 Å². The van der Waals surface area contributed by atoms with Gasteiger partial charge >= 0.3 is 0 Å². The number of aryl methyl sites for hydroxylation is 1. The maximum atomic E-state index is 12.9. The Morgan fingerprint density at radius 2 is 1.46 bits per heavy atom. The normalized spacial score (nSPS) is 18.5. The van der Waals surface area contributed by atoms with Gasteiger partial charge in [-0.05, 0) is 54.8 Å². The summed E-state index contributed by atoms with van der Waals surface area (Å²) in [7, 11) is 1.64. The van der Waals surface area contributed by atoms with Crippen molar-refractivity contribution < 1.29 is 14.3 Å². The maximum Gasteiger partial charge on any atom is 0.270 e. The third-order valence-electron chi connectivity index (χ3n) is 5.09. The first kappa shape index (κ1) is 18.1. The summed E-state index contributed by atoms with van der Waals surface area (Å²) in [4.78, 5) is 14.8. The lowest BCUT2D eigenvalue weighted by molar-refractivity contribution is -0.134. The summed E-state index contributed by atoms with van der Waals surface area (Å²) < 4.78 is 11.3. The molecule has 0 aromatic heterocycles. The third-order valence-corrected chi connectivity index (χ3v) is 5.09. The highest BCUT2D eigenvalue weighted by molar-refractivity contribution is 6.05. The summed E-state index contributed by atoms with van der Waals surface area (Å²) in [6.07, 6.45) is 1.26. The first-order valence-corrected chi connectivity index (χ1v) is 9.49. The SMILES string of the molecule is COc1ccc(N2C(=O)[C@@H](Oc3ccccc3)[C@H]2CCc2ccccc2)cc1. The van der Waals surface area contributed by atoms with Crippen LogP contribution in [-0.2, 0) is 11.2 Å². The fourth-order valence-electron chi connectivity index (χ4n) is 3.59. The highest BCUT2D eigenvalue weighted by Gasteiger charge is 2.49. The molecule has 0 radical (unpaired) electrons. The van der Waals surface area contributed by atoms with Crippen LogP contribution in [0, 0.1) is 0 Å². The van der Waals surface area contributed by atoms with E-state index in [9.17, 15) is 4.79 Å². The fourth-order valence-corrected chi connectivity index (χ4v) is 3.59. The van der Waals surface area contributed by atoms with Crippen molar-refractivity contribution in [2.45, 2.75) is 25.0 Å². The molecule has 3 aromatic rings. The Morgan fingerprint density at radius 3 is 2.11 bits per heavy atom. The number of nitrogens with zero attached hydrogens (tertiary/aromatic N) is 1. The van der Waals surface area contributed by atoms with Crippen LogP contribution in [0.4, 0.5) is 5.69 Å². The zero-order valence-corrected chi connectivity index (χ0v) is 15.8. The van der Waals surface area contributed by atoms with Gasteiger partial charge in [0.25, 0.3) is 5.91 Å². The molecule has 1 saturated heterocycles. The van der Waals surface area contributed by atoms with Gasteiger partial charge in [0.15, 0.2) is 6.10 Å². The van der Waals surface area contributed by atoms with E-state index >= 15 is 0 Å². The molecule has 28 heavy (non-hydrogen) atoms. The van der Waals surface area contributed by atoms with Gasteiger partial charge in [-0.15, -0.1) is 0 Å². The smallest absolute Gasteiger partial charge is 0.270 e. The molecule has 0 bridgehead atoms. The molecule has 1 fully saturated rings. The zero-order valence-electron chi connectivity index (χ0n) is 15.8. The second-order valence-corrected chi connectivity index (χ2v) is 6.85. The molecule has 1 aliphatic heterocycles. The molecule has 1 aliphatic rings.